The molecule has 1 aliphatic rings. The molecule has 6 heteroatoms. The van der Waals surface area contributed by atoms with Crippen molar-refractivity contribution in [3.05, 3.63) is 53.5 Å². The lowest BCUT2D eigenvalue weighted by Crippen LogP contribution is -2.35. The van der Waals surface area contributed by atoms with Crippen LogP contribution in [-0.4, -0.2) is 36.5 Å². The molecule has 3 rings (SSSR count). The first-order chi connectivity index (χ1) is 12.6. The number of aryl methyl sites for hydroxylation is 1. The average molecular weight is 355 g/mol. The highest BCUT2D eigenvalue weighted by Gasteiger charge is 2.17. The van der Waals surface area contributed by atoms with Crippen molar-refractivity contribution in [1.82, 2.24) is 10.2 Å². The fourth-order valence-corrected chi connectivity index (χ4v) is 3.07. The van der Waals surface area contributed by atoms with Crippen LogP contribution in [0.4, 0.5) is 10.5 Å². The summed E-state index contributed by atoms with van der Waals surface area (Å²) in [6, 6.07) is 10.6. The number of nitrogens with one attached hydrogen (secondary N) is 2. The summed E-state index contributed by atoms with van der Waals surface area (Å²) >= 11 is 0. The molecule has 2 N–H and O–H groups in total. The Kier molecular flexibility index (Phi) is 5.94. The SMILES string of the molecule is Cc1ccc(CCNC(=O)Nc2ccc(C(=O)N3CCCCC3)cc2)o1. The first kappa shape index (κ1) is 18.0. The number of carbonyl (C=O) groups excluding carboxylic acids is 2. The van der Waals surface area contributed by atoms with E-state index in [1.807, 2.05) is 24.0 Å². The molecule has 2 heterocycles. The topological polar surface area (TPSA) is 74.6 Å². The van der Waals surface area contributed by atoms with Crippen molar-refractivity contribution in [3.8, 4) is 0 Å². The molecule has 6 nitrogen and oxygen atoms in total. The van der Waals surface area contributed by atoms with Gasteiger partial charge < -0.3 is 20.0 Å². The van der Waals surface area contributed by atoms with Gasteiger partial charge in [0, 0.05) is 37.3 Å². The largest absolute Gasteiger partial charge is 0.466 e. The predicted molar refractivity (Wildman–Crippen MR) is 100 cm³/mol. The maximum absolute atomic E-state index is 12.4. The molecule has 1 aliphatic heterocycles. The third-order valence-electron chi connectivity index (χ3n) is 4.49. The highest BCUT2D eigenvalue weighted by Crippen LogP contribution is 2.15. The number of benzene rings is 1. The maximum Gasteiger partial charge on any atom is 0.319 e. The van der Waals surface area contributed by atoms with E-state index in [4.69, 9.17) is 4.42 Å². The van der Waals surface area contributed by atoms with Gasteiger partial charge in [0.2, 0.25) is 0 Å². The number of piperidine rings is 1. The van der Waals surface area contributed by atoms with Crippen molar-refractivity contribution < 1.29 is 14.0 Å². The zero-order valence-corrected chi connectivity index (χ0v) is 15.1. The first-order valence-electron chi connectivity index (χ1n) is 9.11. The highest BCUT2D eigenvalue weighted by molar-refractivity contribution is 5.95. The van der Waals surface area contributed by atoms with E-state index in [0.29, 0.717) is 24.2 Å². The van der Waals surface area contributed by atoms with Crippen molar-refractivity contribution in [3.63, 3.8) is 0 Å². The monoisotopic (exact) mass is 355 g/mol. The van der Waals surface area contributed by atoms with E-state index < -0.39 is 0 Å². The van der Waals surface area contributed by atoms with E-state index in [9.17, 15) is 9.59 Å². The van der Waals surface area contributed by atoms with Gasteiger partial charge in [-0.15, -0.1) is 0 Å². The fourth-order valence-electron chi connectivity index (χ4n) is 3.07. The standard InChI is InChI=1S/C20H25N3O3/c1-15-5-10-18(26-15)11-12-21-20(25)22-17-8-6-16(7-9-17)19(24)23-13-3-2-4-14-23/h5-10H,2-4,11-14H2,1H3,(H2,21,22,25). The molecule has 1 aromatic heterocycles. The molecule has 0 radical (unpaired) electrons. The Balaban J connectivity index is 1.45. The zero-order chi connectivity index (χ0) is 18.4. The van der Waals surface area contributed by atoms with Gasteiger partial charge in [-0.1, -0.05) is 0 Å². The van der Waals surface area contributed by atoms with Crippen LogP contribution in [0.2, 0.25) is 0 Å². The number of hydrogen-bond acceptors (Lipinski definition) is 3. The van der Waals surface area contributed by atoms with Gasteiger partial charge in [0.1, 0.15) is 11.5 Å². The van der Waals surface area contributed by atoms with E-state index in [0.717, 1.165) is 37.5 Å². The molecule has 0 aliphatic carbocycles. The second-order valence-electron chi connectivity index (χ2n) is 6.57. The third-order valence-corrected chi connectivity index (χ3v) is 4.49. The van der Waals surface area contributed by atoms with Crippen molar-refractivity contribution in [2.75, 3.05) is 25.0 Å². The minimum absolute atomic E-state index is 0.0643. The zero-order valence-electron chi connectivity index (χ0n) is 15.1. The minimum atomic E-state index is -0.275. The Morgan fingerprint density at radius 3 is 2.42 bits per heavy atom. The van der Waals surface area contributed by atoms with Crippen LogP contribution in [0.1, 0.15) is 41.1 Å². The first-order valence-corrected chi connectivity index (χ1v) is 9.11. The number of furan rings is 1. The molecule has 0 unspecified atom stereocenters. The summed E-state index contributed by atoms with van der Waals surface area (Å²) in [5, 5.41) is 5.57. The lowest BCUT2D eigenvalue weighted by Gasteiger charge is -2.26. The second-order valence-corrected chi connectivity index (χ2v) is 6.57. The van der Waals surface area contributed by atoms with Gasteiger partial charge in [0.25, 0.3) is 5.91 Å². The summed E-state index contributed by atoms with van der Waals surface area (Å²) in [6.45, 7) is 4.04. The van der Waals surface area contributed by atoms with E-state index >= 15 is 0 Å². The molecule has 1 fully saturated rings. The Morgan fingerprint density at radius 1 is 1.04 bits per heavy atom. The molecule has 0 bridgehead atoms. The molecule has 1 saturated heterocycles. The summed E-state index contributed by atoms with van der Waals surface area (Å²) in [7, 11) is 0. The molecule has 138 valence electrons. The molecule has 0 spiro atoms. The van der Waals surface area contributed by atoms with Gasteiger partial charge in [0.15, 0.2) is 0 Å². The van der Waals surface area contributed by atoms with Crippen LogP contribution in [0, 0.1) is 6.92 Å². The van der Waals surface area contributed by atoms with Gasteiger partial charge >= 0.3 is 6.03 Å². The summed E-state index contributed by atoms with van der Waals surface area (Å²) in [4.78, 5) is 26.3. The second kappa shape index (κ2) is 8.56. The number of rotatable bonds is 5. The maximum atomic E-state index is 12.4. The van der Waals surface area contributed by atoms with Crippen LogP contribution in [-0.2, 0) is 6.42 Å². The average Bonchev–Trinajstić information content (AvgIpc) is 3.07. The van der Waals surface area contributed by atoms with Crippen LogP contribution in [0.5, 0.6) is 0 Å². The van der Waals surface area contributed by atoms with Crippen LogP contribution in [0.15, 0.2) is 40.8 Å². The quantitative estimate of drug-likeness (QED) is 0.861. The molecule has 1 aromatic carbocycles. The van der Waals surface area contributed by atoms with Gasteiger partial charge in [0.05, 0.1) is 0 Å². The van der Waals surface area contributed by atoms with Crippen LogP contribution >= 0.6 is 0 Å². The van der Waals surface area contributed by atoms with Crippen LogP contribution in [0.3, 0.4) is 0 Å². The smallest absolute Gasteiger partial charge is 0.319 e. The summed E-state index contributed by atoms with van der Waals surface area (Å²) in [5.74, 6) is 1.78. The number of anilines is 1. The molecule has 0 atom stereocenters. The lowest BCUT2D eigenvalue weighted by atomic mass is 10.1. The van der Waals surface area contributed by atoms with Gasteiger partial charge in [-0.2, -0.15) is 0 Å². The molecular formula is C20H25N3O3. The number of carbonyl (C=O) groups is 2. The van der Waals surface area contributed by atoms with Crippen molar-refractivity contribution in [2.45, 2.75) is 32.6 Å². The van der Waals surface area contributed by atoms with Gasteiger partial charge in [-0.3, -0.25) is 4.79 Å². The van der Waals surface area contributed by atoms with E-state index in [1.54, 1.807) is 24.3 Å². The van der Waals surface area contributed by atoms with E-state index in [2.05, 4.69) is 10.6 Å². The van der Waals surface area contributed by atoms with Gasteiger partial charge in [-0.05, 0) is 62.6 Å². The Labute approximate surface area is 153 Å². The third kappa shape index (κ3) is 4.88. The fraction of sp³-hybridized carbons (Fsp3) is 0.400. The van der Waals surface area contributed by atoms with Crippen LogP contribution < -0.4 is 10.6 Å². The predicted octanol–water partition coefficient (Wildman–Crippen LogP) is 3.58. The molecule has 26 heavy (non-hydrogen) atoms. The van der Waals surface area contributed by atoms with Crippen LogP contribution in [0.25, 0.3) is 0 Å². The van der Waals surface area contributed by atoms with E-state index in [-0.39, 0.29) is 11.9 Å². The van der Waals surface area contributed by atoms with E-state index in [1.165, 1.54) is 6.42 Å². The summed E-state index contributed by atoms with van der Waals surface area (Å²) in [5.41, 5.74) is 1.32. The highest BCUT2D eigenvalue weighted by atomic mass is 16.3. The van der Waals surface area contributed by atoms with Crippen molar-refractivity contribution in [2.24, 2.45) is 0 Å². The molecule has 0 saturated carbocycles. The molecule has 2 aromatic rings. The summed E-state index contributed by atoms with van der Waals surface area (Å²) < 4.78 is 5.46. The number of urea groups is 1. The van der Waals surface area contributed by atoms with Crippen molar-refractivity contribution >= 4 is 17.6 Å². The van der Waals surface area contributed by atoms with Gasteiger partial charge in [-0.25, -0.2) is 4.79 Å². The Bertz CT molecular complexity index is 746. The Hall–Kier alpha value is -2.76. The summed E-state index contributed by atoms with van der Waals surface area (Å²) in [6.07, 6.45) is 3.98. The number of hydrogen-bond donors (Lipinski definition) is 2. The number of likely N-dealkylation sites (tertiary alicyclic amines) is 1. The van der Waals surface area contributed by atoms with Crippen molar-refractivity contribution in [1.29, 1.82) is 0 Å². The number of amides is 3. The number of nitrogens with zero attached hydrogens (tertiary/aromatic N) is 1. The molecular weight excluding hydrogens is 330 g/mol. The minimum Gasteiger partial charge on any atom is -0.466 e. The lowest BCUT2D eigenvalue weighted by molar-refractivity contribution is 0.0724. The molecule has 3 amide bonds. The normalized spacial score (nSPS) is 14.1. The Morgan fingerprint density at radius 2 is 1.77 bits per heavy atom.